The standard InChI is InChI=1S/C13H21F3N4.ClH/c1-9(2)7-11-18-12(10-3-5-17-6-4-10)20(19-11)8-13(14,15)16;/h9-10,17H,3-8H2,1-2H3;1H. The van der Waals surface area contributed by atoms with Gasteiger partial charge in [-0.15, -0.1) is 12.4 Å². The highest BCUT2D eigenvalue weighted by Gasteiger charge is 2.32. The first kappa shape index (κ1) is 18.2. The molecule has 1 aromatic heterocycles. The second-order valence-corrected chi connectivity index (χ2v) is 5.78. The summed E-state index contributed by atoms with van der Waals surface area (Å²) in [6, 6.07) is 0. The Kier molecular flexibility index (Phi) is 6.46. The van der Waals surface area contributed by atoms with E-state index in [1.165, 1.54) is 0 Å². The van der Waals surface area contributed by atoms with Crippen molar-refractivity contribution < 1.29 is 13.2 Å². The van der Waals surface area contributed by atoms with Gasteiger partial charge in [0.05, 0.1) is 0 Å². The number of alkyl halides is 3. The molecule has 122 valence electrons. The lowest BCUT2D eigenvalue weighted by Crippen LogP contribution is -2.29. The number of nitrogens with zero attached hydrogens (tertiary/aromatic N) is 3. The first-order chi connectivity index (χ1) is 9.35. The van der Waals surface area contributed by atoms with Gasteiger partial charge in [0.25, 0.3) is 0 Å². The molecule has 4 nitrogen and oxygen atoms in total. The zero-order valence-corrected chi connectivity index (χ0v) is 13.1. The summed E-state index contributed by atoms with van der Waals surface area (Å²) in [5.74, 6) is 1.43. The molecule has 0 amide bonds. The summed E-state index contributed by atoms with van der Waals surface area (Å²) in [5.41, 5.74) is 0. The maximum Gasteiger partial charge on any atom is 0.408 e. The normalized spacial score (nSPS) is 17.0. The van der Waals surface area contributed by atoms with Crippen LogP contribution in [0, 0.1) is 5.92 Å². The number of aromatic nitrogens is 3. The van der Waals surface area contributed by atoms with Crippen LogP contribution in [-0.2, 0) is 13.0 Å². The van der Waals surface area contributed by atoms with E-state index in [4.69, 9.17) is 0 Å². The smallest absolute Gasteiger partial charge is 0.317 e. The Balaban J connectivity index is 0.00000220. The van der Waals surface area contributed by atoms with Crippen molar-refractivity contribution in [3.63, 3.8) is 0 Å². The molecule has 2 rings (SSSR count). The number of nitrogens with one attached hydrogen (secondary N) is 1. The van der Waals surface area contributed by atoms with Crippen molar-refractivity contribution in [3.05, 3.63) is 11.6 Å². The molecule has 1 aliphatic heterocycles. The Morgan fingerprint density at radius 1 is 1.29 bits per heavy atom. The molecular weight excluding hydrogens is 305 g/mol. The highest BCUT2D eigenvalue weighted by Crippen LogP contribution is 2.26. The third-order valence-corrected chi connectivity index (χ3v) is 3.37. The Hall–Kier alpha value is -0.820. The third kappa shape index (κ3) is 5.47. The molecule has 8 heteroatoms. The minimum absolute atomic E-state index is 0. The van der Waals surface area contributed by atoms with Gasteiger partial charge in [-0.1, -0.05) is 13.8 Å². The summed E-state index contributed by atoms with van der Waals surface area (Å²) in [7, 11) is 0. The van der Waals surface area contributed by atoms with E-state index < -0.39 is 12.7 Å². The van der Waals surface area contributed by atoms with E-state index in [0.717, 1.165) is 30.6 Å². The first-order valence-electron chi connectivity index (χ1n) is 7.06. The largest absolute Gasteiger partial charge is 0.408 e. The maximum atomic E-state index is 12.7. The molecule has 1 saturated heterocycles. The van der Waals surface area contributed by atoms with E-state index in [2.05, 4.69) is 15.4 Å². The van der Waals surface area contributed by atoms with E-state index in [-0.39, 0.29) is 18.3 Å². The number of hydrogen-bond acceptors (Lipinski definition) is 3. The Bertz CT molecular complexity index is 439. The van der Waals surface area contributed by atoms with E-state index >= 15 is 0 Å². The van der Waals surface area contributed by atoms with Crippen molar-refractivity contribution in [1.82, 2.24) is 20.1 Å². The van der Waals surface area contributed by atoms with Crippen molar-refractivity contribution in [1.29, 1.82) is 0 Å². The highest BCUT2D eigenvalue weighted by atomic mass is 35.5. The predicted octanol–water partition coefficient (Wildman–Crippen LogP) is 2.93. The minimum Gasteiger partial charge on any atom is -0.317 e. The molecule has 1 aliphatic rings. The van der Waals surface area contributed by atoms with Crippen LogP contribution in [-0.4, -0.2) is 34.0 Å². The molecule has 0 saturated carbocycles. The summed E-state index contributed by atoms with van der Waals surface area (Å²) in [6.07, 6.45) is -2.01. The van der Waals surface area contributed by atoms with Gasteiger partial charge < -0.3 is 5.32 Å². The van der Waals surface area contributed by atoms with Crippen molar-refractivity contribution >= 4 is 12.4 Å². The Morgan fingerprint density at radius 3 is 2.43 bits per heavy atom. The lowest BCUT2D eigenvalue weighted by Gasteiger charge is -2.22. The van der Waals surface area contributed by atoms with Gasteiger partial charge >= 0.3 is 6.18 Å². The molecule has 2 heterocycles. The van der Waals surface area contributed by atoms with Crippen molar-refractivity contribution in [2.75, 3.05) is 13.1 Å². The van der Waals surface area contributed by atoms with Gasteiger partial charge in [-0.3, -0.25) is 0 Å². The minimum atomic E-state index is -4.26. The van der Waals surface area contributed by atoms with Crippen LogP contribution in [0.15, 0.2) is 0 Å². The van der Waals surface area contributed by atoms with Crippen LogP contribution in [0.25, 0.3) is 0 Å². The second kappa shape index (κ2) is 7.45. The second-order valence-electron chi connectivity index (χ2n) is 5.78. The van der Waals surface area contributed by atoms with Gasteiger partial charge in [0.1, 0.15) is 12.4 Å². The zero-order chi connectivity index (χ0) is 14.8. The fourth-order valence-electron chi connectivity index (χ4n) is 2.52. The zero-order valence-electron chi connectivity index (χ0n) is 12.3. The summed E-state index contributed by atoms with van der Waals surface area (Å²) in [6.45, 7) is 4.62. The van der Waals surface area contributed by atoms with E-state index in [1.807, 2.05) is 13.8 Å². The fraction of sp³-hybridized carbons (Fsp3) is 0.846. The van der Waals surface area contributed by atoms with Crippen molar-refractivity contribution in [2.24, 2.45) is 5.92 Å². The van der Waals surface area contributed by atoms with Crippen LogP contribution >= 0.6 is 12.4 Å². The molecule has 0 unspecified atom stereocenters. The topological polar surface area (TPSA) is 42.7 Å². The number of rotatable bonds is 4. The van der Waals surface area contributed by atoms with Gasteiger partial charge in [-0.25, -0.2) is 9.67 Å². The average Bonchev–Trinajstić information content (AvgIpc) is 2.69. The molecular formula is C13H22ClF3N4. The monoisotopic (exact) mass is 326 g/mol. The third-order valence-electron chi connectivity index (χ3n) is 3.37. The van der Waals surface area contributed by atoms with E-state index in [9.17, 15) is 13.2 Å². The molecule has 0 aliphatic carbocycles. The van der Waals surface area contributed by atoms with E-state index in [1.54, 1.807) is 0 Å². The van der Waals surface area contributed by atoms with Crippen LogP contribution in [0.5, 0.6) is 0 Å². The Labute approximate surface area is 128 Å². The summed E-state index contributed by atoms with van der Waals surface area (Å²) < 4.78 is 39.0. The molecule has 0 atom stereocenters. The van der Waals surface area contributed by atoms with Gasteiger partial charge in [-0.05, 0) is 31.8 Å². The lowest BCUT2D eigenvalue weighted by atomic mass is 9.97. The molecule has 1 aromatic rings. The van der Waals surface area contributed by atoms with Gasteiger partial charge in [0.2, 0.25) is 0 Å². The molecule has 0 spiro atoms. The van der Waals surface area contributed by atoms with Crippen LogP contribution in [0.3, 0.4) is 0 Å². The first-order valence-corrected chi connectivity index (χ1v) is 7.06. The molecule has 0 radical (unpaired) electrons. The SMILES string of the molecule is CC(C)Cc1nc(C2CCNCC2)n(CC(F)(F)F)n1.Cl. The molecule has 21 heavy (non-hydrogen) atoms. The molecule has 1 N–H and O–H groups in total. The lowest BCUT2D eigenvalue weighted by molar-refractivity contribution is -0.143. The molecule has 0 bridgehead atoms. The number of halogens is 4. The van der Waals surface area contributed by atoms with Crippen LogP contribution in [0.1, 0.15) is 44.3 Å². The van der Waals surface area contributed by atoms with Gasteiger partial charge in [0, 0.05) is 12.3 Å². The summed E-state index contributed by atoms with van der Waals surface area (Å²) in [4.78, 5) is 4.38. The van der Waals surface area contributed by atoms with Crippen LogP contribution < -0.4 is 5.32 Å². The quantitative estimate of drug-likeness (QED) is 0.925. The highest BCUT2D eigenvalue weighted by molar-refractivity contribution is 5.85. The van der Waals surface area contributed by atoms with Crippen molar-refractivity contribution in [3.8, 4) is 0 Å². The van der Waals surface area contributed by atoms with Gasteiger partial charge in [-0.2, -0.15) is 18.3 Å². The van der Waals surface area contributed by atoms with Crippen LogP contribution in [0.2, 0.25) is 0 Å². The molecule has 0 aromatic carbocycles. The summed E-state index contributed by atoms with van der Waals surface area (Å²) in [5, 5.41) is 7.29. The molecule has 1 fully saturated rings. The predicted molar refractivity (Wildman–Crippen MR) is 76.7 cm³/mol. The van der Waals surface area contributed by atoms with E-state index in [0.29, 0.717) is 24.0 Å². The Morgan fingerprint density at radius 2 is 1.90 bits per heavy atom. The van der Waals surface area contributed by atoms with Gasteiger partial charge in [0.15, 0.2) is 5.82 Å². The average molecular weight is 327 g/mol. The van der Waals surface area contributed by atoms with Crippen molar-refractivity contribution in [2.45, 2.75) is 51.7 Å². The number of hydrogen-bond donors (Lipinski definition) is 1. The maximum absolute atomic E-state index is 12.7. The van der Waals surface area contributed by atoms with Crippen LogP contribution in [0.4, 0.5) is 13.2 Å². The fourth-order valence-corrected chi connectivity index (χ4v) is 2.52. The summed E-state index contributed by atoms with van der Waals surface area (Å²) >= 11 is 0. The number of piperidine rings is 1.